The molecule has 0 aliphatic heterocycles. The third-order valence-corrected chi connectivity index (χ3v) is 2.71. The van der Waals surface area contributed by atoms with E-state index in [1.165, 1.54) is 25.0 Å². The summed E-state index contributed by atoms with van der Waals surface area (Å²) in [7, 11) is 0. The zero-order valence-electron chi connectivity index (χ0n) is 8.16. The highest BCUT2D eigenvalue weighted by Gasteiger charge is 2.21. The molecule has 1 unspecified atom stereocenters. The lowest BCUT2D eigenvalue weighted by atomic mass is 9.83. The molecule has 1 aliphatic carbocycles. The summed E-state index contributed by atoms with van der Waals surface area (Å²) in [5.74, 6) is 1.48. The zero-order chi connectivity index (χ0) is 9.97. The fourth-order valence-electron chi connectivity index (χ4n) is 1.57. The SMILES string of the molecule is C=CC(N)Nc1cc(C2CCC2)[nH]n1. The topological polar surface area (TPSA) is 66.7 Å². The maximum absolute atomic E-state index is 5.65. The molecule has 0 amide bonds. The van der Waals surface area contributed by atoms with Crippen LogP contribution in [0.3, 0.4) is 0 Å². The molecule has 1 aliphatic rings. The smallest absolute Gasteiger partial charge is 0.149 e. The van der Waals surface area contributed by atoms with Crippen molar-refractivity contribution < 1.29 is 0 Å². The number of nitrogens with zero attached hydrogens (tertiary/aromatic N) is 1. The van der Waals surface area contributed by atoms with Crippen LogP contribution in [0.2, 0.25) is 0 Å². The maximum atomic E-state index is 5.65. The largest absolute Gasteiger partial charge is 0.350 e. The average Bonchev–Trinajstić information content (AvgIpc) is 2.50. The highest BCUT2D eigenvalue weighted by Crippen LogP contribution is 2.35. The van der Waals surface area contributed by atoms with Gasteiger partial charge in [-0.1, -0.05) is 19.1 Å². The molecule has 0 bridgehead atoms. The molecule has 4 heteroatoms. The molecule has 1 heterocycles. The molecule has 4 N–H and O–H groups in total. The van der Waals surface area contributed by atoms with Crippen LogP contribution in [0.25, 0.3) is 0 Å². The van der Waals surface area contributed by atoms with Crippen LogP contribution in [0.15, 0.2) is 18.7 Å². The van der Waals surface area contributed by atoms with Gasteiger partial charge in [-0.25, -0.2) is 0 Å². The Morgan fingerprint density at radius 1 is 1.71 bits per heavy atom. The van der Waals surface area contributed by atoms with E-state index < -0.39 is 0 Å². The van der Waals surface area contributed by atoms with E-state index in [0.717, 1.165) is 5.82 Å². The van der Waals surface area contributed by atoms with E-state index in [2.05, 4.69) is 22.1 Å². The number of aromatic nitrogens is 2. The number of anilines is 1. The Morgan fingerprint density at radius 2 is 2.50 bits per heavy atom. The molecular formula is C10H16N4. The average molecular weight is 192 g/mol. The minimum atomic E-state index is -0.229. The monoisotopic (exact) mass is 192 g/mol. The third-order valence-electron chi connectivity index (χ3n) is 2.71. The van der Waals surface area contributed by atoms with Crippen LogP contribution in [0.4, 0.5) is 5.82 Å². The normalized spacial score (nSPS) is 18.6. The highest BCUT2D eigenvalue weighted by molar-refractivity contribution is 5.38. The molecule has 0 aromatic carbocycles. The van der Waals surface area contributed by atoms with E-state index >= 15 is 0 Å². The summed E-state index contributed by atoms with van der Waals surface area (Å²) in [6.45, 7) is 3.60. The Bertz CT molecular complexity index is 314. The van der Waals surface area contributed by atoms with Crippen molar-refractivity contribution in [3.05, 3.63) is 24.4 Å². The summed E-state index contributed by atoms with van der Waals surface area (Å²) < 4.78 is 0. The van der Waals surface area contributed by atoms with Gasteiger partial charge < -0.3 is 11.1 Å². The van der Waals surface area contributed by atoms with E-state index in [4.69, 9.17) is 5.73 Å². The van der Waals surface area contributed by atoms with Crippen LogP contribution >= 0.6 is 0 Å². The molecule has 2 rings (SSSR count). The van der Waals surface area contributed by atoms with Gasteiger partial charge in [0, 0.05) is 17.7 Å². The number of hydrogen-bond acceptors (Lipinski definition) is 3. The van der Waals surface area contributed by atoms with Crippen molar-refractivity contribution >= 4 is 5.82 Å². The van der Waals surface area contributed by atoms with Gasteiger partial charge in [0.2, 0.25) is 0 Å². The standard InChI is InChI=1S/C10H16N4/c1-2-9(11)12-10-6-8(13-14-10)7-4-3-5-7/h2,6-7,9H,1,3-5,11H2,(H2,12,13,14). The molecular weight excluding hydrogens is 176 g/mol. The van der Waals surface area contributed by atoms with Crippen LogP contribution in [0, 0.1) is 0 Å². The van der Waals surface area contributed by atoms with Gasteiger partial charge in [-0.2, -0.15) is 5.10 Å². The van der Waals surface area contributed by atoms with Crippen molar-refractivity contribution in [3.8, 4) is 0 Å². The first-order valence-corrected chi connectivity index (χ1v) is 4.99. The molecule has 0 radical (unpaired) electrons. The minimum absolute atomic E-state index is 0.229. The molecule has 1 atom stereocenters. The number of hydrogen-bond donors (Lipinski definition) is 3. The molecule has 0 spiro atoms. The van der Waals surface area contributed by atoms with E-state index in [1.54, 1.807) is 6.08 Å². The summed E-state index contributed by atoms with van der Waals surface area (Å²) in [4.78, 5) is 0. The van der Waals surface area contributed by atoms with E-state index in [-0.39, 0.29) is 6.17 Å². The van der Waals surface area contributed by atoms with Gasteiger partial charge in [-0.05, 0) is 12.8 Å². The number of nitrogens with two attached hydrogens (primary N) is 1. The van der Waals surface area contributed by atoms with E-state index in [0.29, 0.717) is 5.92 Å². The first-order chi connectivity index (χ1) is 6.79. The van der Waals surface area contributed by atoms with E-state index in [1.807, 2.05) is 6.07 Å². The van der Waals surface area contributed by atoms with Crippen LogP contribution < -0.4 is 11.1 Å². The van der Waals surface area contributed by atoms with Crippen molar-refractivity contribution in [1.29, 1.82) is 0 Å². The number of nitrogens with one attached hydrogen (secondary N) is 2. The Balaban J connectivity index is 1.98. The lowest BCUT2D eigenvalue weighted by Gasteiger charge is -2.23. The lowest BCUT2D eigenvalue weighted by Crippen LogP contribution is -2.26. The van der Waals surface area contributed by atoms with Crippen LogP contribution in [-0.2, 0) is 0 Å². The fraction of sp³-hybridized carbons (Fsp3) is 0.500. The van der Waals surface area contributed by atoms with Gasteiger partial charge in [-0.15, -0.1) is 0 Å². The van der Waals surface area contributed by atoms with Crippen molar-refractivity contribution in [2.24, 2.45) is 5.73 Å². The minimum Gasteiger partial charge on any atom is -0.350 e. The van der Waals surface area contributed by atoms with Crippen molar-refractivity contribution in [2.75, 3.05) is 5.32 Å². The summed E-state index contributed by atoms with van der Waals surface area (Å²) in [6, 6.07) is 2.03. The maximum Gasteiger partial charge on any atom is 0.149 e. The van der Waals surface area contributed by atoms with Crippen molar-refractivity contribution in [2.45, 2.75) is 31.3 Å². The predicted molar refractivity (Wildman–Crippen MR) is 57.0 cm³/mol. The molecule has 1 aromatic heterocycles. The van der Waals surface area contributed by atoms with Crippen LogP contribution in [0.1, 0.15) is 30.9 Å². The van der Waals surface area contributed by atoms with Gasteiger partial charge in [0.1, 0.15) is 5.82 Å². The molecule has 4 nitrogen and oxygen atoms in total. The Labute approximate surface area is 83.6 Å². The van der Waals surface area contributed by atoms with Gasteiger partial charge in [0.15, 0.2) is 0 Å². The lowest BCUT2D eigenvalue weighted by molar-refractivity contribution is 0.410. The summed E-state index contributed by atoms with van der Waals surface area (Å²) in [5, 5.41) is 10.2. The first kappa shape index (κ1) is 9.27. The van der Waals surface area contributed by atoms with Crippen molar-refractivity contribution in [3.63, 3.8) is 0 Å². The first-order valence-electron chi connectivity index (χ1n) is 4.99. The number of H-pyrrole nitrogens is 1. The molecule has 1 aromatic rings. The fourth-order valence-corrected chi connectivity index (χ4v) is 1.57. The highest BCUT2D eigenvalue weighted by atomic mass is 15.2. The van der Waals surface area contributed by atoms with Crippen molar-refractivity contribution in [1.82, 2.24) is 10.2 Å². The second-order valence-electron chi connectivity index (χ2n) is 3.74. The zero-order valence-corrected chi connectivity index (χ0v) is 8.16. The Morgan fingerprint density at radius 3 is 3.07 bits per heavy atom. The van der Waals surface area contributed by atoms with Crippen LogP contribution in [-0.4, -0.2) is 16.4 Å². The second kappa shape index (κ2) is 3.84. The number of aromatic amines is 1. The van der Waals surface area contributed by atoms with Gasteiger partial charge in [0.05, 0.1) is 6.17 Å². The Hall–Kier alpha value is -1.29. The second-order valence-corrected chi connectivity index (χ2v) is 3.74. The number of rotatable bonds is 4. The molecule has 0 saturated heterocycles. The third kappa shape index (κ3) is 1.80. The summed E-state index contributed by atoms with van der Waals surface area (Å²) in [6.07, 6.45) is 5.30. The Kier molecular flexibility index (Phi) is 2.54. The predicted octanol–water partition coefficient (Wildman–Crippen LogP) is 1.56. The summed E-state index contributed by atoms with van der Waals surface area (Å²) in [5.41, 5.74) is 6.87. The van der Waals surface area contributed by atoms with Gasteiger partial charge in [-0.3, -0.25) is 5.10 Å². The van der Waals surface area contributed by atoms with Gasteiger partial charge >= 0.3 is 0 Å². The molecule has 1 fully saturated rings. The van der Waals surface area contributed by atoms with E-state index in [9.17, 15) is 0 Å². The summed E-state index contributed by atoms with van der Waals surface area (Å²) >= 11 is 0. The molecule has 76 valence electrons. The molecule has 1 saturated carbocycles. The van der Waals surface area contributed by atoms with Gasteiger partial charge in [0.25, 0.3) is 0 Å². The quantitative estimate of drug-likeness (QED) is 0.501. The molecule has 14 heavy (non-hydrogen) atoms. The van der Waals surface area contributed by atoms with Crippen LogP contribution in [0.5, 0.6) is 0 Å².